The summed E-state index contributed by atoms with van der Waals surface area (Å²) in [5.41, 5.74) is 7.84. The van der Waals surface area contributed by atoms with Crippen LogP contribution in [0.25, 0.3) is 0 Å². The Morgan fingerprint density at radius 2 is 1.68 bits per heavy atom. The third kappa shape index (κ3) is 9.45. The van der Waals surface area contributed by atoms with Crippen LogP contribution in [0.2, 0.25) is 0 Å². The van der Waals surface area contributed by atoms with E-state index in [1.807, 2.05) is 36.4 Å². The third-order valence-corrected chi connectivity index (χ3v) is 9.67. The summed E-state index contributed by atoms with van der Waals surface area (Å²) in [5, 5.41) is 10.1. The predicted molar refractivity (Wildman–Crippen MR) is 191 cm³/mol. The number of amides is 2. The number of aliphatic imine (C=N–C) groups is 1. The van der Waals surface area contributed by atoms with Gasteiger partial charge in [0.05, 0.1) is 19.2 Å². The molecule has 47 heavy (non-hydrogen) atoms. The maximum atomic E-state index is 14.8. The number of nitrogens with two attached hydrogens (primary N) is 1. The Hall–Kier alpha value is -3.68. The Bertz CT molecular complexity index is 1440. The smallest absolute Gasteiger partial charge is 0.275 e. The molecule has 4 rings (SSSR count). The average Bonchev–Trinajstić information content (AvgIpc) is 3.26. The van der Waals surface area contributed by atoms with Crippen molar-refractivity contribution in [1.29, 1.82) is 5.41 Å². The summed E-state index contributed by atoms with van der Waals surface area (Å²) in [4.78, 5) is 35.0. The lowest BCUT2D eigenvalue weighted by atomic mass is 9.75. The first-order valence-corrected chi connectivity index (χ1v) is 17.4. The van der Waals surface area contributed by atoms with Crippen LogP contribution in [0.3, 0.4) is 0 Å². The van der Waals surface area contributed by atoms with E-state index in [9.17, 15) is 9.59 Å². The molecule has 1 fully saturated rings. The molecule has 0 saturated heterocycles. The topological polar surface area (TPSA) is 121 Å². The van der Waals surface area contributed by atoms with Gasteiger partial charge < -0.3 is 20.7 Å². The summed E-state index contributed by atoms with van der Waals surface area (Å²) in [6.45, 7) is 18.5. The van der Waals surface area contributed by atoms with Crippen LogP contribution < -0.4 is 15.8 Å². The van der Waals surface area contributed by atoms with Gasteiger partial charge in [0.1, 0.15) is 23.0 Å². The van der Waals surface area contributed by atoms with Crippen molar-refractivity contribution in [3.8, 4) is 5.75 Å². The molecule has 0 aromatic heterocycles. The molecule has 8 heteroatoms. The molecule has 8 nitrogen and oxygen atoms in total. The summed E-state index contributed by atoms with van der Waals surface area (Å²) >= 11 is 0. The van der Waals surface area contributed by atoms with Crippen LogP contribution in [-0.2, 0) is 4.79 Å². The van der Waals surface area contributed by atoms with E-state index in [1.165, 1.54) is 0 Å². The molecule has 256 valence electrons. The van der Waals surface area contributed by atoms with Gasteiger partial charge in [-0.3, -0.25) is 20.0 Å². The van der Waals surface area contributed by atoms with Crippen molar-refractivity contribution in [1.82, 2.24) is 10.2 Å². The number of rotatable bonds is 12. The van der Waals surface area contributed by atoms with Gasteiger partial charge in [0.2, 0.25) is 0 Å². The van der Waals surface area contributed by atoms with Crippen molar-refractivity contribution in [3.05, 3.63) is 65.2 Å². The van der Waals surface area contributed by atoms with Crippen molar-refractivity contribution < 1.29 is 14.3 Å². The van der Waals surface area contributed by atoms with Crippen LogP contribution in [0.4, 0.5) is 0 Å². The number of nitrogens with zero attached hydrogens (tertiary/aromatic N) is 2. The van der Waals surface area contributed by atoms with Crippen LogP contribution in [0.15, 0.2) is 53.5 Å². The minimum atomic E-state index is -0.624. The molecule has 2 aromatic carbocycles. The highest BCUT2D eigenvalue weighted by molar-refractivity contribution is 6.46. The molecule has 4 N–H and O–H groups in total. The van der Waals surface area contributed by atoms with E-state index in [4.69, 9.17) is 20.9 Å². The van der Waals surface area contributed by atoms with Crippen molar-refractivity contribution in [2.24, 2.45) is 33.4 Å². The zero-order valence-electron chi connectivity index (χ0n) is 29.9. The van der Waals surface area contributed by atoms with Crippen molar-refractivity contribution in [2.75, 3.05) is 13.2 Å². The van der Waals surface area contributed by atoms with Gasteiger partial charge in [-0.15, -0.1) is 0 Å². The van der Waals surface area contributed by atoms with Gasteiger partial charge in [-0.05, 0) is 97.4 Å². The lowest BCUT2D eigenvalue weighted by Gasteiger charge is -2.46. The van der Waals surface area contributed by atoms with Crippen LogP contribution >= 0.6 is 0 Å². The molecule has 1 aliphatic carbocycles. The number of hydrogen-bond acceptors (Lipinski definition) is 5. The van der Waals surface area contributed by atoms with E-state index in [1.54, 1.807) is 12.1 Å². The van der Waals surface area contributed by atoms with Gasteiger partial charge in [-0.1, -0.05) is 79.7 Å². The van der Waals surface area contributed by atoms with E-state index in [0.29, 0.717) is 29.7 Å². The quantitative estimate of drug-likeness (QED) is 0.161. The lowest BCUT2D eigenvalue weighted by Crippen LogP contribution is -2.51. The van der Waals surface area contributed by atoms with Crippen molar-refractivity contribution in [3.63, 3.8) is 0 Å². The summed E-state index contributed by atoms with van der Waals surface area (Å²) in [6, 6.07) is 15.2. The summed E-state index contributed by atoms with van der Waals surface area (Å²) in [6.07, 6.45) is 6.32. The van der Waals surface area contributed by atoms with Crippen LogP contribution in [0.5, 0.6) is 5.75 Å². The number of ether oxygens (including phenoxy) is 1. The fourth-order valence-electron chi connectivity index (χ4n) is 6.71. The van der Waals surface area contributed by atoms with Crippen molar-refractivity contribution in [2.45, 2.75) is 112 Å². The Kier molecular flexibility index (Phi) is 11.2. The first kappa shape index (κ1) is 36.2. The zero-order chi connectivity index (χ0) is 34.6. The van der Waals surface area contributed by atoms with E-state index < -0.39 is 5.66 Å². The Labute approximate surface area is 282 Å². The number of carbonyl (C=O) groups is 2. The summed E-state index contributed by atoms with van der Waals surface area (Å²) in [5.74, 6) is 1.52. The highest BCUT2D eigenvalue weighted by atomic mass is 16.5. The molecule has 1 heterocycles. The minimum Gasteiger partial charge on any atom is -0.494 e. The molecular weight excluding hydrogens is 586 g/mol. The first-order valence-electron chi connectivity index (χ1n) is 17.4. The fourth-order valence-corrected chi connectivity index (χ4v) is 6.71. The Balaban J connectivity index is 1.72. The van der Waals surface area contributed by atoms with Crippen LogP contribution in [0, 0.1) is 28.1 Å². The van der Waals surface area contributed by atoms with E-state index in [-0.39, 0.29) is 41.1 Å². The lowest BCUT2D eigenvalue weighted by molar-refractivity contribution is -0.133. The number of amidine groups is 1. The summed E-state index contributed by atoms with van der Waals surface area (Å²) < 4.78 is 6.14. The first-order chi connectivity index (χ1) is 22.0. The number of benzene rings is 2. The van der Waals surface area contributed by atoms with E-state index in [2.05, 4.69) is 65.6 Å². The van der Waals surface area contributed by atoms with Gasteiger partial charge >= 0.3 is 0 Å². The standard InChI is InChI=1S/C39H57N5O3/c1-26(2)27-16-20-39(21-17-27)43-34(30-10-9-11-31(24-30)47-23-22-38(6,7)8)36(46)44(39)32(18-19-37(3,4)5)28-12-14-29(15-13-28)35(45)42-25-33(40)41/h9-15,24,26-27,32H,16-23,25H2,1-8H3,(H3,40,41)(H,42,45). The van der Waals surface area contributed by atoms with Gasteiger partial charge in [0, 0.05) is 11.1 Å². The SMILES string of the molecule is CC(C)C1CCC2(CC1)N=C(c1cccc(OCCC(C)(C)C)c1)C(=O)N2C(CCC(C)(C)C)c1ccc(C(=O)NCC(=N)N)cc1. The molecule has 1 unspecified atom stereocenters. The molecular formula is C39H57N5O3. The Morgan fingerprint density at radius 1 is 1.04 bits per heavy atom. The number of nitrogens with one attached hydrogen (secondary N) is 2. The van der Waals surface area contributed by atoms with Gasteiger partial charge in [0.15, 0.2) is 0 Å². The van der Waals surface area contributed by atoms with Crippen LogP contribution in [0.1, 0.15) is 128 Å². The molecule has 2 aromatic rings. The largest absolute Gasteiger partial charge is 0.494 e. The van der Waals surface area contributed by atoms with Gasteiger partial charge in [-0.25, -0.2) is 0 Å². The maximum absolute atomic E-state index is 14.8. The highest BCUT2D eigenvalue weighted by Crippen LogP contribution is 2.48. The second-order valence-electron chi connectivity index (χ2n) is 16.3. The second-order valence-corrected chi connectivity index (χ2v) is 16.3. The molecule has 0 radical (unpaired) electrons. The van der Waals surface area contributed by atoms with E-state index in [0.717, 1.165) is 61.8 Å². The predicted octanol–water partition coefficient (Wildman–Crippen LogP) is 7.91. The fraction of sp³-hybridized carbons (Fsp3) is 0.590. The normalized spacial score (nSPS) is 20.8. The molecule has 1 spiro atoms. The van der Waals surface area contributed by atoms with E-state index >= 15 is 0 Å². The third-order valence-electron chi connectivity index (χ3n) is 9.67. The minimum absolute atomic E-state index is 0.0000907. The maximum Gasteiger partial charge on any atom is 0.275 e. The molecule has 1 saturated carbocycles. The molecule has 1 aliphatic heterocycles. The van der Waals surface area contributed by atoms with Crippen LogP contribution in [-0.4, -0.2) is 47.1 Å². The van der Waals surface area contributed by atoms with Gasteiger partial charge in [0.25, 0.3) is 11.8 Å². The summed E-state index contributed by atoms with van der Waals surface area (Å²) in [7, 11) is 0. The number of hydrogen-bond donors (Lipinski definition) is 3. The molecule has 2 amide bonds. The Morgan fingerprint density at radius 3 is 2.26 bits per heavy atom. The van der Waals surface area contributed by atoms with Gasteiger partial charge in [-0.2, -0.15) is 0 Å². The molecule has 0 bridgehead atoms. The zero-order valence-corrected chi connectivity index (χ0v) is 29.9. The van der Waals surface area contributed by atoms with Crippen molar-refractivity contribution >= 4 is 23.4 Å². The average molecular weight is 644 g/mol. The second kappa shape index (κ2) is 14.6. The monoisotopic (exact) mass is 643 g/mol. The number of carbonyl (C=O) groups excluding carboxylic acids is 2. The molecule has 2 aliphatic rings. The molecule has 1 atom stereocenters. The highest BCUT2D eigenvalue weighted by Gasteiger charge is 2.52.